The summed E-state index contributed by atoms with van der Waals surface area (Å²) in [5.74, 6) is 0.243. The summed E-state index contributed by atoms with van der Waals surface area (Å²) in [5, 5.41) is 3.23. The number of aliphatic imine (C=N–C) groups is 1. The number of aryl methyl sites for hydroxylation is 1. The Bertz CT molecular complexity index is 839. The Balaban J connectivity index is 1.55. The van der Waals surface area contributed by atoms with Crippen LogP contribution in [0.1, 0.15) is 31.8 Å². The molecule has 0 saturated heterocycles. The van der Waals surface area contributed by atoms with Crippen molar-refractivity contribution in [1.29, 1.82) is 0 Å². The minimum Gasteiger partial charge on any atom is -0.354 e. The van der Waals surface area contributed by atoms with Gasteiger partial charge in [0.1, 0.15) is 0 Å². The quantitative estimate of drug-likeness (QED) is 0.502. The smallest absolute Gasteiger partial charge is 0.261 e. The second kappa shape index (κ2) is 8.03. The van der Waals surface area contributed by atoms with Gasteiger partial charge in [0.15, 0.2) is 5.96 Å². The lowest BCUT2D eigenvalue weighted by atomic mass is 10.1. The second-order valence-electron chi connectivity index (χ2n) is 6.62. The van der Waals surface area contributed by atoms with Gasteiger partial charge in [-0.25, -0.2) is 0 Å². The molecule has 0 atom stereocenters. The summed E-state index contributed by atoms with van der Waals surface area (Å²) in [6, 6.07) is 15.3. The van der Waals surface area contributed by atoms with Gasteiger partial charge in [-0.2, -0.15) is 0 Å². The number of fused-ring (bicyclic) bond motifs is 1. The fourth-order valence-corrected chi connectivity index (χ4v) is 3.15. The van der Waals surface area contributed by atoms with Crippen LogP contribution in [0.25, 0.3) is 0 Å². The number of carbonyl (C=O) groups excluding carboxylic acids is 2. The van der Waals surface area contributed by atoms with Crippen molar-refractivity contribution >= 4 is 17.8 Å². The molecule has 2 aromatic carbocycles. The monoisotopic (exact) mass is 364 g/mol. The molecule has 3 rings (SSSR count). The Labute approximate surface area is 159 Å². The van der Waals surface area contributed by atoms with Crippen LogP contribution in [0.4, 0.5) is 0 Å². The summed E-state index contributed by atoms with van der Waals surface area (Å²) in [6.07, 6.45) is 0. The molecule has 0 saturated carbocycles. The Morgan fingerprint density at radius 3 is 2.19 bits per heavy atom. The fourth-order valence-electron chi connectivity index (χ4n) is 3.15. The lowest BCUT2D eigenvalue weighted by molar-refractivity contribution is 0.0657. The number of hydrogen-bond acceptors (Lipinski definition) is 3. The first-order chi connectivity index (χ1) is 13.0. The number of nitrogens with zero attached hydrogens (tertiary/aromatic N) is 3. The van der Waals surface area contributed by atoms with E-state index in [9.17, 15) is 9.59 Å². The van der Waals surface area contributed by atoms with Crippen molar-refractivity contribution in [2.75, 3.05) is 27.2 Å². The van der Waals surface area contributed by atoms with Crippen LogP contribution in [-0.4, -0.2) is 54.8 Å². The van der Waals surface area contributed by atoms with Gasteiger partial charge in [0, 0.05) is 33.7 Å². The normalized spacial score (nSPS) is 13.7. The van der Waals surface area contributed by atoms with Crippen LogP contribution in [0.3, 0.4) is 0 Å². The second-order valence-corrected chi connectivity index (χ2v) is 6.62. The highest BCUT2D eigenvalue weighted by molar-refractivity contribution is 6.21. The van der Waals surface area contributed by atoms with E-state index in [1.165, 1.54) is 16.0 Å². The summed E-state index contributed by atoms with van der Waals surface area (Å²) < 4.78 is 0. The van der Waals surface area contributed by atoms with Crippen molar-refractivity contribution in [1.82, 2.24) is 15.1 Å². The third kappa shape index (κ3) is 4.00. The lowest BCUT2D eigenvalue weighted by Gasteiger charge is -2.23. The van der Waals surface area contributed by atoms with Crippen LogP contribution in [0.2, 0.25) is 0 Å². The molecule has 6 nitrogen and oxygen atoms in total. The standard InChI is InChI=1S/C21H24N4O2/c1-15-8-10-16(11-9-15)14-24(3)21(22-2)23-12-13-25-19(26)17-6-4-5-7-18(17)20(25)27/h4-11H,12-14H2,1-3H3,(H,22,23). The molecule has 0 unspecified atom stereocenters. The predicted octanol–water partition coefficient (Wildman–Crippen LogP) is 2.30. The average Bonchev–Trinajstić information content (AvgIpc) is 2.92. The third-order valence-corrected chi connectivity index (χ3v) is 4.61. The molecule has 0 aliphatic carbocycles. The molecule has 6 heteroatoms. The maximum atomic E-state index is 12.4. The van der Waals surface area contributed by atoms with E-state index < -0.39 is 0 Å². The molecule has 1 aliphatic heterocycles. The largest absolute Gasteiger partial charge is 0.354 e. The minimum absolute atomic E-state index is 0.236. The number of hydrogen-bond donors (Lipinski definition) is 1. The highest BCUT2D eigenvalue weighted by Crippen LogP contribution is 2.21. The highest BCUT2D eigenvalue weighted by Gasteiger charge is 2.34. The van der Waals surface area contributed by atoms with E-state index in [1.54, 1.807) is 31.3 Å². The van der Waals surface area contributed by atoms with Crippen LogP contribution < -0.4 is 5.32 Å². The van der Waals surface area contributed by atoms with E-state index in [4.69, 9.17) is 0 Å². The fraction of sp³-hybridized carbons (Fsp3) is 0.286. The first kappa shape index (κ1) is 18.6. The van der Waals surface area contributed by atoms with Gasteiger partial charge >= 0.3 is 0 Å². The molecule has 2 aromatic rings. The number of guanidine groups is 1. The molecule has 1 heterocycles. The molecule has 0 bridgehead atoms. The van der Waals surface area contributed by atoms with Gasteiger partial charge in [-0.05, 0) is 24.6 Å². The molecule has 0 aromatic heterocycles. The first-order valence-corrected chi connectivity index (χ1v) is 8.94. The Morgan fingerprint density at radius 1 is 1.04 bits per heavy atom. The minimum atomic E-state index is -0.236. The van der Waals surface area contributed by atoms with Gasteiger partial charge in [0.05, 0.1) is 11.1 Å². The van der Waals surface area contributed by atoms with E-state index in [0.29, 0.717) is 36.7 Å². The Hall–Kier alpha value is -3.15. The average molecular weight is 364 g/mol. The highest BCUT2D eigenvalue weighted by atomic mass is 16.2. The SMILES string of the molecule is CN=C(NCCN1C(=O)c2ccccc2C1=O)N(C)Cc1ccc(C)cc1. The summed E-state index contributed by atoms with van der Waals surface area (Å²) in [5.41, 5.74) is 3.36. The van der Waals surface area contributed by atoms with Crippen molar-refractivity contribution < 1.29 is 9.59 Å². The van der Waals surface area contributed by atoms with Crippen LogP contribution in [0, 0.1) is 6.92 Å². The number of amides is 2. The number of benzene rings is 2. The van der Waals surface area contributed by atoms with E-state index in [2.05, 4.69) is 41.5 Å². The zero-order valence-electron chi connectivity index (χ0n) is 15.9. The summed E-state index contributed by atoms with van der Waals surface area (Å²) in [4.78, 5) is 32.4. The topological polar surface area (TPSA) is 65.0 Å². The van der Waals surface area contributed by atoms with Gasteiger partial charge in [-0.15, -0.1) is 0 Å². The Kier molecular flexibility index (Phi) is 5.54. The zero-order valence-corrected chi connectivity index (χ0v) is 15.9. The van der Waals surface area contributed by atoms with Gasteiger partial charge in [0.25, 0.3) is 11.8 Å². The number of carbonyl (C=O) groups is 2. The summed E-state index contributed by atoms with van der Waals surface area (Å²) in [7, 11) is 3.67. The molecule has 0 fully saturated rings. The van der Waals surface area contributed by atoms with Crippen molar-refractivity contribution in [2.24, 2.45) is 4.99 Å². The molecule has 0 radical (unpaired) electrons. The third-order valence-electron chi connectivity index (χ3n) is 4.61. The predicted molar refractivity (Wildman–Crippen MR) is 106 cm³/mol. The molecule has 1 aliphatic rings. The summed E-state index contributed by atoms with van der Waals surface area (Å²) in [6.45, 7) is 3.51. The molecular formula is C21H24N4O2. The number of nitrogens with one attached hydrogen (secondary N) is 1. The van der Waals surface area contributed by atoms with Crippen molar-refractivity contribution in [3.63, 3.8) is 0 Å². The molecule has 0 spiro atoms. The van der Waals surface area contributed by atoms with Gasteiger partial charge in [-0.3, -0.25) is 19.5 Å². The molecule has 2 amide bonds. The van der Waals surface area contributed by atoms with Crippen molar-refractivity contribution in [3.05, 3.63) is 70.8 Å². The van der Waals surface area contributed by atoms with Crippen molar-refractivity contribution in [2.45, 2.75) is 13.5 Å². The Morgan fingerprint density at radius 2 is 1.63 bits per heavy atom. The van der Waals surface area contributed by atoms with Crippen LogP contribution in [-0.2, 0) is 6.54 Å². The number of rotatable bonds is 5. The van der Waals surface area contributed by atoms with Crippen LogP contribution in [0.5, 0.6) is 0 Å². The van der Waals surface area contributed by atoms with E-state index in [1.807, 2.05) is 11.9 Å². The molecule has 140 valence electrons. The zero-order chi connectivity index (χ0) is 19.4. The maximum absolute atomic E-state index is 12.4. The number of imide groups is 1. The molecule has 1 N–H and O–H groups in total. The maximum Gasteiger partial charge on any atom is 0.261 e. The van der Waals surface area contributed by atoms with Crippen LogP contribution >= 0.6 is 0 Å². The van der Waals surface area contributed by atoms with E-state index in [-0.39, 0.29) is 11.8 Å². The van der Waals surface area contributed by atoms with Crippen molar-refractivity contribution in [3.8, 4) is 0 Å². The molecular weight excluding hydrogens is 340 g/mol. The van der Waals surface area contributed by atoms with Gasteiger partial charge in [-0.1, -0.05) is 42.0 Å². The lowest BCUT2D eigenvalue weighted by Crippen LogP contribution is -2.43. The van der Waals surface area contributed by atoms with Gasteiger partial charge < -0.3 is 10.2 Å². The van der Waals surface area contributed by atoms with E-state index >= 15 is 0 Å². The summed E-state index contributed by atoms with van der Waals surface area (Å²) >= 11 is 0. The molecule has 27 heavy (non-hydrogen) atoms. The first-order valence-electron chi connectivity index (χ1n) is 8.94. The van der Waals surface area contributed by atoms with Gasteiger partial charge in [0.2, 0.25) is 0 Å². The van der Waals surface area contributed by atoms with Crippen LogP contribution in [0.15, 0.2) is 53.5 Å². The van der Waals surface area contributed by atoms with E-state index in [0.717, 1.165) is 0 Å².